The highest BCUT2D eigenvalue weighted by atomic mass is 35.5. The van der Waals surface area contributed by atoms with Crippen molar-refractivity contribution in [2.24, 2.45) is 0 Å². The SMILES string of the molecule is CNCc1nnnn1-c1ccc(Cl)c(Cl)c1. The van der Waals surface area contributed by atoms with Crippen LogP contribution in [0.4, 0.5) is 0 Å². The van der Waals surface area contributed by atoms with Crippen LogP contribution in [-0.4, -0.2) is 27.3 Å². The predicted molar refractivity (Wildman–Crippen MR) is 61.9 cm³/mol. The van der Waals surface area contributed by atoms with Gasteiger partial charge in [-0.3, -0.25) is 0 Å². The molecule has 2 rings (SSSR count). The van der Waals surface area contributed by atoms with Gasteiger partial charge in [0.25, 0.3) is 0 Å². The minimum Gasteiger partial charge on any atom is -0.313 e. The highest BCUT2D eigenvalue weighted by Crippen LogP contribution is 2.24. The number of hydrogen-bond acceptors (Lipinski definition) is 4. The molecule has 0 spiro atoms. The van der Waals surface area contributed by atoms with Crippen molar-refractivity contribution >= 4 is 23.2 Å². The fourth-order valence-corrected chi connectivity index (χ4v) is 1.58. The van der Waals surface area contributed by atoms with Gasteiger partial charge in [0.1, 0.15) is 0 Å². The number of nitrogens with one attached hydrogen (secondary N) is 1. The van der Waals surface area contributed by atoms with Gasteiger partial charge in [-0.05, 0) is 35.7 Å². The molecule has 0 fully saturated rings. The van der Waals surface area contributed by atoms with Crippen LogP contribution < -0.4 is 5.32 Å². The molecular weight excluding hydrogens is 249 g/mol. The standard InChI is InChI=1S/C9H9Cl2N5/c1-12-5-9-13-14-15-16(9)6-2-3-7(10)8(11)4-6/h2-4,12H,5H2,1H3. The maximum Gasteiger partial charge on any atom is 0.170 e. The fourth-order valence-electron chi connectivity index (χ4n) is 1.29. The van der Waals surface area contributed by atoms with Gasteiger partial charge in [-0.25, -0.2) is 0 Å². The molecule has 0 aliphatic rings. The Balaban J connectivity index is 2.42. The lowest BCUT2D eigenvalue weighted by Crippen LogP contribution is -2.12. The lowest BCUT2D eigenvalue weighted by Gasteiger charge is -2.05. The van der Waals surface area contributed by atoms with Crippen LogP contribution in [0, 0.1) is 0 Å². The van der Waals surface area contributed by atoms with Gasteiger partial charge in [0, 0.05) is 0 Å². The van der Waals surface area contributed by atoms with Crippen molar-refractivity contribution < 1.29 is 0 Å². The number of tetrazole rings is 1. The molecule has 0 aliphatic heterocycles. The van der Waals surface area contributed by atoms with Crippen LogP contribution in [0.25, 0.3) is 5.69 Å². The average Bonchev–Trinajstić information content (AvgIpc) is 2.71. The van der Waals surface area contributed by atoms with Gasteiger partial charge in [-0.2, -0.15) is 4.68 Å². The van der Waals surface area contributed by atoms with Crippen molar-refractivity contribution in [3.63, 3.8) is 0 Å². The van der Waals surface area contributed by atoms with Crippen molar-refractivity contribution in [2.45, 2.75) is 6.54 Å². The van der Waals surface area contributed by atoms with Crippen LogP contribution in [0.1, 0.15) is 5.82 Å². The third kappa shape index (κ3) is 2.16. The van der Waals surface area contributed by atoms with E-state index in [0.29, 0.717) is 22.4 Å². The molecule has 1 heterocycles. The molecule has 1 aromatic carbocycles. The Bertz CT molecular complexity index is 496. The summed E-state index contributed by atoms with van der Waals surface area (Å²) in [6.07, 6.45) is 0. The van der Waals surface area contributed by atoms with Gasteiger partial charge in [-0.1, -0.05) is 23.2 Å². The average molecular weight is 258 g/mol. The van der Waals surface area contributed by atoms with Crippen LogP contribution >= 0.6 is 23.2 Å². The Labute approximate surface area is 102 Å². The van der Waals surface area contributed by atoms with E-state index in [0.717, 1.165) is 5.69 Å². The second-order valence-corrected chi connectivity index (χ2v) is 3.95. The summed E-state index contributed by atoms with van der Waals surface area (Å²) in [6, 6.07) is 5.24. The first-order chi connectivity index (χ1) is 7.72. The maximum atomic E-state index is 5.93. The Morgan fingerprint density at radius 1 is 1.31 bits per heavy atom. The molecule has 0 amide bonds. The molecule has 16 heavy (non-hydrogen) atoms. The van der Waals surface area contributed by atoms with Gasteiger partial charge in [-0.15, -0.1) is 5.10 Å². The zero-order valence-corrected chi connectivity index (χ0v) is 10.00. The Kier molecular flexibility index (Phi) is 3.38. The second-order valence-electron chi connectivity index (χ2n) is 3.14. The summed E-state index contributed by atoms with van der Waals surface area (Å²) in [7, 11) is 1.83. The Morgan fingerprint density at radius 3 is 2.81 bits per heavy atom. The summed E-state index contributed by atoms with van der Waals surface area (Å²) in [5.74, 6) is 0.709. The number of hydrogen-bond donors (Lipinski definition) is 1. The monoisotopic (exact) mass is 257 g/mol. The molecule has 0 atom stereocenters. The van der Waals surface area contributed by atoms with Crippen LogP contribution in [0.3, 0.4) is 0 Å². The summed E-state index contributed by atoms with van der Waals surface area (Å²) < 4.78 is 1.61. The summed E-state index contributed by atoms with van der Waals surface area (Å²) in [5, 5.41) is 15.4. The van der Waals surface area contributed by atoms with Gasteiger partial charge in [0.05, 0.1) is 22.3 Å². The Hall–Kier alpha value is -1.17. The number of halogens is 2. The van der Waals surface area contributed by atoms with E-state index < -0.39 is 0 Å². The topological polar surface area (TPSA) is 55.6 Å². The molecule has 0 saturated carbocycles. The highest BCUT2D eigenvalue weighted by Gasteiger charge is 2.08. The first kappa shape index (κ1) is 11.3. The van der Waals surface area contributed by atoms with Gasteiger partial charge in [0.15, 0.2) is 5.82 Å². The zero-order chi connectivity index (χ0) is 11.5. The zero-order valence-electron chi connectivity index (χ0n) is 8.48. The van der Waals surface area contributed by atoms with Gasteiger partial charge in [0.2, 0.25) is 0 Å². The quantitative estimate of drug-likeness (QED) is 0.910. The highest BCUT2D eigenvalue weighted by molar-refractivity contribution is 6.42. The first-order valence-electron chi connectivity index (χ1n) is 4.59. The van der Waals surface area contributed by atoms with Crippen LogP contribution in [-0.2, 0) is 6.54 Å². The largest absolute Gasteiger partial charge is 0.313 e. The smallest absolute Gasteiger partial charge is 0.170 e. The molecular formula is C9H9Cl2N5. The molecule has 0 bridgehead atoms. The minimum absolute atomic E-state index is 0.477. The van der Waals surface area contributed by atoms with Crippen LogP contribution in [0.15, 0.2) is 18.2 Å². The molecule has 0 aliphatic carbocycles. The number of rotatable bonds is 3. The third-order valence-electron chi connectivity index (χ3n) is 2.02. The molecule has 1 aromatic heterocycles. The minimum atomic E-state index is 0.477. The normalized spacial score (nSPS) is 10.7. The molecule has 0 radical (unpaired) electrons. The molecule has 84 valence electrons. The summed E-state index contributed by atoms with van der Waals surface area (Å²) in [5.41, 5.74) is 0.782. The summed E-state index contributed by atoms with van der Waals surface area (Å²) >= 11 is 11.8. The fraction of sp³-hybridized carbons (Fsp3) is 0.222. The van der Waals surface area contributed by atoms with Gasteiger partial charge >= 0.3 is 0 Å². The van der Waals surface area contributed by atoms with E-state index in [4.69, 9.17) is 23.2 Å². The molecule has 0 unspecified atom stereocenters. The van der Waals surface area contributed by atoms with E-state index in [1.807, 2.05) is 13.1 Å². The number of nitrogens with zero attached hydrogens (tertiary/aromatic N) is 4. The molecule has 7 heteroatoms. The van der Waals surface area contributed by atoms with E-state index in [1.54, 1.807) is 16.8 Å². The van der Waals surface area contributed by atoms with E-state index >= 15 is 0 Å². The summed E-state index contributed by atoms with van der Waals surface area (Å²) in [6.45, 7) is 0.577. The first-order valence-corrected chi connectivity index (χ1v) is 5.35. The third-order valence-corrected chi connectivity index (χ3v) is 2.76. The van der Waals surface area contributed by atoms with E-state index in [-0.39, 0.29) is 0 Å². The molecule has 5 nitrogen and oxygen atoms in total. The molecule has 0 saturated heterocycles. The Morgan fingerprint density at radius 2 is 2.12 bits per heavy atom. The van der Waals surface area contributed by atoms with E-state index in [9.17, 15) is 0 Å². The maximum absolute atomic E-state index is 5.93. The van der Waals surface area contributed by atoms with Crippen molar-refractivity contribution in [1.29, 1.82) is 0 Å². The second kappa shape index (κ2) is 4.78. The van der Waals surface area contributed by atoms with Gasteiger partial charge < -0.3 is 5.32 Å². The number of aromatic nitrogens is 4. The number of benzene rings is 1. The van der Waals surface area contributed by atoms with Crippen molar-refractivity contribution in [1.82, 2.24) is 25.5 Å². The van der Waals surface area contributed by atoms with E-state index in [1.165, 1.54) is 0 Å². The predicted octanol–water partition coefficient (Wildman–Crippen LogP) is 1.69. The van der Waals surface area contributed by atoms with Crippen LogP contribution in [0.2, 0.25) is 10.0 Å². The lowest BCUT2D eigenvalue weighted by molar-refractivity contribution is 0.709. The molecule has 1 N–H and O–H groups in total. The van der Waals surface area contributed by atoms with Crippen molar-refractivity contribution in [2.75, 3.05) is 7.05 Å². The van der Waals surface area contributed by atoms with Crippen molar-refractivity contribution in [3.05, 3.63) is 34.1 Å². The summed E-state index contributed by atoms with van der Waals surface area (Å²) in [4.78, 5) is 0. The van der Waals surface area contributed by atoms with E-state index in [2.05, 4.69) is 20.8 Å². The van der Waals surface area contributed by atoms with Crippen LogP contribution in [0.5, 0.6) is 0 Å². The lowest BCUT2D eigenvalue weighted by atomic mass is 10.3. The molecule has 2 aromatic rings. The van der Waals surface area contributed by atoms with Crippen molar-refractivity contribution in [3.8, 4) is 5.69 Å².